The first-order valence-corrected chi connectivity index (χ1v) is 11.6. The molecule has 0 spiro atoms. The average molecular weight is 499 g/mol. The summed E-state index contributed by atoms with van der Waals surface area (Å²) in [7, 11) is 1.94. The molecule has 0 saturated carbocycles. The van der Waals surface area contributed by atoms with Gasteiger partial charge in [-0.05, 0) is 48.4 Å². The lowest BCUT2D eigenvalue weighted by molar-refractivity contribution is -0.138. The number of carbonyl (C=O) groups is 2. The van der Waals surface area contributed by atoms with Crippen LogP contribution in [0, 0.1) is 18.3 Å². The quantitative estimate of drug-likeness (QED) is 0.571. The number of carboxylic acids is 1. The maximum atomic E-state index is 13.2. The van der Waals surface area contributed by atoms with Gasteiger partial charge in [-0.15, -0.1) is 0 Å². The number of rotatable bonds is 5. The molecule has 34 heavy (non-hydrogen) atoms. The summed E-state index contributed by atoms with van der Waals surface area (Å²) in [4.78, 5) is 27.6. The van der Waals surface area contributed by atoms with E-state index >= 15 is 0 Å². The summed E-state index contributed by atoms with van der Waals surface area (Å²) in [6.07, 6.45) is 0.428. The molecule has 1 N–H and O–H groups in total. The molecule has 3 aromatic rings. The second-order valence-electron chi connectivity index (χ2n) is 8.56. The van der Waals surface area contributed by atoms with E-state index in [0.29, 0.717) is 59.3 Å². The Balaban J connectivity index is 1.61. The first-order chi connectivity index (χ1) is 16.2. The third-order valence-electron chi connectivity index (χ3n) is 6.39. The minimum atomic E-state index is -0.877. The van der Waals surface area contributed by atoms with Gasteiger partial charge in [0, 0.05) is 61.3 Å². The van der Waals surface area contributed by atoms with Gasteiger partial charge in [-0.2, -0.15) is 5.26 Å². The molecule has 1 fully saturated rings. The lowest BCUT2D eigenvalue weighted by Gasteiger charge is -2.34. The molecular weight excluding hydrogens is 475 g/mol. The van der Waals surface area contributed by atoms with Crippen molar-refractivity contribution in [2.24, 2.45) is 7.05 Å². The molecule has 0 radical (unpaired) electrons. The van der Waals surface area contributed by atoms with E-state index < -0.39 is 5.97 Å². The zero-order chi connectivity index (χ0) is 24.6. The van der Waals surface area contributed by atoms with Gasteiger partial charge in [0.15, 0.2) is 0 Å². The fraction of sp³-hybridized carbons (Fsp3) is 0.320. The number of halogens is 2. The van der Waals surface area contributed by atoms with Gasteiger partial charge in [0.05, 0.1) is 28.8 Å². The predicted molar refractivity (Wildman–Crippen MR) is 132 cm³/mol. The number of nitriles is 1. The monoisotopic (exact) mass is 498 g/mol. The van der Waals surface area contributed by atoms with E-state index in [1.54, 1.807) is 21.9 Å². The number of fused-ring (bicyclic) bond motifs is 1. The van der Waals surface area contributed by atoms with Gasteiger partial charge >= 0.3 is 5.97 Å². The highest BCUT2D eigenvalue weighted by Gasteiger charge is 2.26. The van der Waals surface area contributed by atoms with Gasteiger partial charge < -0.3 is 14.6 Å². The van der Waals surface area contributed by atoms with Gasteiger partial charge in [0.25, 0.3) is 5.91 Å². The van der Waals surface area contributed by atoms with E-state index in [1.807, 2.05) is 30.7 Å². The van der Waals surface area contributed by atoms with E-state index in [4.69, 9.17) is 28.3 Å². The van der Waals surface area contributed by atoms with Crippen LogP contribution in [0.2, 0.25) is 10.0 Å². The normalized spacial score (nSPS) is 14.4. The number of carbonyl (C=O) groups excluding carboxylic acids is 1. The predicted octanol–water partition coefficient (Wildman–Crippen LogP) is 4.10. The van der Waals surface area contributed by atoms with E-state index in [0.717, 1.165) is 22.2 Å². The number of nitrogens with zero attached hydrogens (tertiary/aromatic N) is 4. The fourth-order valence-electron chi connectivity index (χ4n) is 4.47. The summed E-state index contributed by atoms with van der Waals surface area (Å²) in [6.45, 7) is 3.80. The molecule has 1 aliphatic heterocycles. The molecule has 0 atom stereocenters. The van der Waals surface area contributed by atoms with Gasteiger partial charge in [-0.1, -0.05) is 23.2 Å². The van der Waals surface area contributed by atoms with Crippen molar-refractivity contribution in [2.75, 3.05) is 32.7 Å². The molecule has 1 aromatic heterocycles. The van der Waals surface area contributed by atoms with Crippen LogP contribution >= 0.6 is 23.2 Å². The Morgan fingerprint density at radius 2 is 1.82 bits per heavy atom. The molecule has 1 aliphatic rings. The number of amides is 1. The van der Waals surface area contributed by atoms with E-state index in [9.17, 15) is 14.9 Å². The lowest BCUT2D eigenvalue weighted by atomic mass is 10.0. The number of aromatic nitrogens is 1. The Morgan fingerprint density at radius 1 is 1.12 bits per heavy atom. The van der Waals surface area contributed by atoms with Crippen LogP contribution in [0.1, 0.15) is 32.7 Å². The minimum absolute atomic E-state index is 0.0335. The van der Waals surface area contributed by atoms with Crippen LogP contribution in [0.15, 0.2) is 30.3 Å². The van der Waals surface area contributed by atoms with Crippen LogP contribution in [-0.2, 0) is 18.3 Å². The Bertz CT molecular complexity index is 1330. The van der Waals surface area contributed by atoms with Crippen molar-refractivity contribution in [3.8, 4) is 6.07 Å². The topological polar surface area (TPSA) is 89.6 Å². The zero-order valence-corrected chi connectivity index (χ0v) is 20.4. The smallest absolute Gasteiger partial charge is 0.317 e. The van der Waals surface area contributed by atoms with Crippen molar-refractivity contribution >= 4 is 46.0 Å². The highest BCUT2D eigenvalue weighted by atomic mass is 35.5. The first-order valence-electron chi connectivity index (χ1n) is 10.9. The lowest BCUT2D eigenvalue weighted by Crippen LogP contribution is -2.50. The van der Waals surface area contributed by atoms with Gasteiger partial charge in [-0.25, -0.2) is 0 Å². The second-order valence-corrected chi connectivity index (χ2v) is 9.34. The summed E-state index contributed by atoms with van der Waals surface area (Å²) in [5, 5.41) is 20.1. The van der Waals surface area contributed by atoms with Crippen LogP contribution < -0.4 is 0 Å². The molecular formula is C25H24Cl2N4O3. The third kappa shape index (κ3) is 4.62. The number of benzene rings is 2. The Labute approximate surface area is 207 Å². The van der Waals surface area contributed by atoms with Gasteiger partial charge in [-0.3, -0.25) is 14.5 Å². The Morgan fingerprint density at radius 3 is 2.47 bits per heavy atom. The minimum Gasteiger partial charge on any atom is -0.480 e. The summed E-state index contributed by atoms with van der Waals surface area (Å²) in [5.74, 6) is -1.07. The number of aliphatic carboxylic acids is 1. The molecule has 1 saturated heterocycles. The van der Waals surface area contributed by atoms with E-state index in [1.165, 1.54) is 0 Å². The van der Waals surface area contributed by atoms with Crippen LogP contribution in [0.3, 0.4) is 0 Å². The number of aryl methyl sites for hydroxylation is 2. The number of hydrogen-bond acceptors (Lipinski definition) is 4. The third-order valence-corrected chi connectivity index (χ3v) is 7.18. The summed E-state index contributed by atoms with van der Waals surface area (Å²) in [5.41, 5.74) is 4.58. The highest BCUT2D eigenvalue weighted by molar-refractivity contribution is 6.38. The van der Waals surface area contributed by atoms with E-state index in [2.05, 4.69) is 12.1 Å². The Kier molecular flexibility index (Phi) is 6.85. The second kappa shape index (κ2) is 9.67. The largest absolute Gasteiger partial charge is 0.480 e. The summed E-state index contributed by atoms with van der Waals surface area (Å²) in [6, 6.07) is 11.3. The number of piperazine rings is 1. The highest BCUT2D eigenvalue weighted by Crippen LogP contribution is 2.33. The average Bonchev–Trinajstić information content (AvgIpc) is 3.12. The Hall–Kier alpha value is -3.05. The van der Waals surface area contributed by atoms with Gasteiger partial charge in [0.2, 0.25) is 0 Å². The molecule has 7 nitrogen and oxygen atoms in total. The van der Waals surface area contributed by atoms with Crippen LogP contribution in [0.4, 0.5) is 0 Å². The first kappa shape index (κ1) is 24.1. The number of hydrogen-bond donors (Lipinski definition) is 1. The standard InChI is InChI=1S/C25H24Cl2N4O3/c1-15-9-16(13-28)10-22-19(15)11-17(29(22)2)12-20-21(26)4-3-18(24(20)27)25(34)31-7-5-30(6-8-31)14-23(32)33/h3-4,9-11H,5-8,12,14H2,1-2H3,(H,32,33). The summed E-state index contributed by atoms with van der Waals surface area (Å²) >= 11 is 13.2. The molecule has 0 bridgehead atoms. The fourth-order valence-corrected chi connectivity index (χ4v) is 5.06. The van der Waals surface area contributed by atoms with E-state index in [-0.39, 0.29) is 12.5 Å². The van der Waals surface area contributed by atoms with Gasteiger partial charge in [0.1, 0.15) is 0 Å². The van der Waals surface area contributed by atoms with Crippen molar-refractivity contribution in [3.63, 3.8) is 0 Å². The zero-order valence-electron chi connectivity index (χ0n) is 18.9. The SMILES string of the molecule is Cc1cc(C#N)cc2c1cc(Cc1c(Cl)ccc(C(=O)N3CCN(CC(=O)O)CC3)c1Cl)n2C. The van der Waals surface area contributed by atoms with Crippen molar-refractivity contribution < 1.29 is 14.7 Å². The van der Waals surface area contributed by atoms with Crippen molar-refractivity contribution in [1.82, 2.24) is 14.4 Å². The molecule has 1 amide bonds. The molecule has 176 valence electrons. The van der Waals surface area contributed by atoms with Crippen molar-refractivity contribution in [2.45, 2.75) is 13.3 Å². The van der Waals surface area contributed by atoms with Crippen LogP contribution in [0.25, 0.3) is 10.9 Å². The molecule has 2 heterocycles. The maximum Gasteiger partial charge on any atom is 0.317 e. The molecule has 9 heteroatoms. The molecule has 4 rings (SSSR count). The summed E-state index contributed by atoms with van der Waals surface area (Å²) < 4.78 is 2.02. The molecule has 0 unspecified atom stereocenters. The number of carboxylic acid groups (broad SMARTS) is 1. The maximum absolute atomic E-state index is 13.2. The molecule has 2 aromatic carbocycles. The van der Waals surface area contributed by atoms with Crippen LogP contribution in [0.5, 0.6) is 0 Å². The molecule has 0 aliphatic carbocycles. The van der Waals surface area contributed by atoms with Crippen molar-refractivity contribution in [1.29, 1.82) is 5.26 Å². The van der Waals surface area contributed by atoms with Crippen LogP contribution in [-0.4, -0.2) is 64.1 Å². The van der Waals surface area contributed by atoms with Crippen molar-refractivity contribution in [3.05, 3.63) is 68.3 Å².